The van der Waals surface area contributed by atoms with Crippen molar-refractivity contribution in [2.45, 2.75) is 24.2 Å². The average molecular weight is 824 g/mol. The molecule has 3 saturated heterocycles. The molecular formula is C44H40Cl2N4O8. The number of carbonyl (C=O) groups is 4. The molecule has 3 aliphatic heterocycles. The first-order valence-electron chi connectivity index (χ1n) is 19.2. The van der Waals surface area contributed by atoms with Crippen molar-refractivity contribution in [3.05, 3.63) is 118 Å². The second kappa shape index (κ2) is 14.7. The maximum Gasteiger partial charge on any atom is 0.260 e. The number of allylic oxidation sites excluding steroid dienone is 2. The van der Waals surface area contributed by atoms with Gasteiger partial charge in [-0.3, -0.25) is 29.5 Å². The van der Waals surface area contributed by atoms with Crippen molar-refractivity contribution >= 4 is 63.9 Å². The van der Waals surface area contributed by atoms with Gasteiger partial charge in [-0.2, -0.15) is 5.01 Å². The average Bonchev–Trinajstić information content (AvgIpc) is 3.62. The zero-order valence-electron chi connectivity index (χ0n) is 31.7. The topological polar surface area (TPSA) is 138 Å². The van der Waals surface area contributed by atoms with Crippen LogP contribution in [0.25, 0.3) is 0 Å². The Morgan fingerprint density at radius 3 is 2.21 bits per heavy atom. The largest absolute Gasteiger partial charge is 0.504 e. The fraction of sp³-hybridized carbons (Fsp3) is 0.318. The molecule has 5 aliphatic rings. The van der Waals surface area contributed by atoms with Gasteiger partial charge < -0.3 is 24.2 Å². The number of hydrogen-bond acceptors (Lipinski definition) is 10. The molecule has 4 fully saturated rings. The zero-order chi connectivity index (χ0) is 40.5. The number of ether oxygens (including phenoxy) is 3. The van der Waals surface area contributed by atoms with Gasteiger partial charge in [-0.15, -0.1) is 0 Å². The minimum atomic E-state index is -1.58. The second-order valence-corrected chi connectivity index (χ2v) is 16.1. The molecule has 298 valence electrons. The number of imide groups is 2. The lowest BCUT2D eigenvalue weighted by Gasteiger charge is -2.50. The van der Waals surface area contributed by atoms with E-state index in [1.165, 1.54) is 18.1 Å². The number of methoxy groups -OCH3 is 2. The highest BCUT2D eigenvalue weighted by atomic mass is 35.5. The number of carbonyl (C=O) groups excluding carboxylic acids is 4. The molecule has 12 nitrogen and oxygen atoms in total. The summed E-state index contributed by atoms with van der Waals surface area (Å²) < 4.78 is 16.4. The maximum absolute atomic E-state index is 15.5. The number of benzene rings is 4. The number of nitrogens with zero attached hydrogens (tertiary/aromatic N) is 3. The molecule has 6 atom stereocenters. The summed E-state index contributed by atoms with van der Waals surface area (Å²) in [7, 11) is 2.99. The van der Waals surface area contributed by atoms with E-state index < -0.39 is 46.8 Å². The first-order chi connectivity index (χ1) is 28.1. The van der Waals surface area contributed by atoms with Gasteiger partial charge >= 0.3 is 0 Å². The molecule has 4 aromatic rings. The molecule has 2 aliphatic carbocycles. The fourth-order valence-corrected chi connectivity index (χ4v) is 10.4. The summed E-state index contributed by atoms with van der Waals surface area (Å²) in [6, 6.07) is 24.1. The van der Waals surface area contributed by atoms with E-state index in [1.807, 2.05) is 18.2 Å². The monoisotopic (exact) mass is 822 g/mol. The van der Waals surface area contributed by atoms with Gasteiger partial charge in [0.05, 0.1) is 67.0 Å². The first-order valence-corrected chi connectivity index (χ1v) is 19.9. The maximum atomic E-state index is 15.5. The third-order valence-electron chi connectivity index (χ3n) is 12.6. The molecule has 0 unspecified atom stereocenters. The number of hydrazine groups is 1. The molecule has 0 bridgehead atoms. The molecule has 1 saturated carbocycles. The lowest BCUT2D eigenvalue weighted by molar-refractivity contribution is -0.138. The summed E-state index contributed by atoms with van der Waals surface area (Å²) in [5, 5.41) is 12.8. The van der Waals surface area contributed by atoms with E-state index in [4.69, 9.17) is 37.4 Å². The minimum Gasteiger partial charge on any atom is -0.504 e. The number of anilines is 3. The number of nitrogens with one attached hydrogen (secondary N) is 1. The van der Waals surface area contributed by atoms with Gasteiger partial charge in [0.1, 0.15) is 5.75 Å². The van der Waals surface area contributed by atoms with Crippen LogP contribution in [0.5, 0.6) is 17.2 Å². The number of aromatic hydroxyl groups is 1. The molecule has 3 heterocycles. The van der Waals surface area contributed by atoms with Gasteiger partial charge in [-0.1, -0.05) is 53.1 Å². The summed E-state index contributed by atoms with van der Waals surface area (Å²) in [6.45, 7) is 2.74. The predicted octanol–water partition coefficient (Wildman–Crippen LogP) is 6.74. The number of fused-ring (bicyclic) bond motifs is 4. The highest BCUT2D eigenvalue weighted by Crippen LogP contribution is 2.64. The van der Waals surface area contributed by atoms with E-state index in [-0.39, 0.29) is 41.2 Å². The van der Waals surface area contributed by atoms with Crippen LogP contribution in [-0.2, 0) is 29.3 Å². The predicted molar refractivity (Wildman–Crippen MR) is 217 cm³/mol. The van der Waals surface area contributed by atoms with E-state index in [9.17, 15) is 14.7 Å². The summed E-state index contributed by atoms with van der Waals surface area (Å²) in [5.41, 5.74) is 4.99. The molecule has 14 heteroatoms. The third-order valence-corrected chi connectivity index (χ3v) is 13.1. The Bertz CT molecular complexity index is 2370. The van der Waals surface area contributed by atoms with Gasteiger partial charge in [0.25, 0.3) is 11.8 Å². The highest BCUT2D eigenvalue weighted by molar-refractivity contribution is 6.36. The number of amides is 4. The van der Waals surface area contributed by atoms with Crippen molar-refractivity contribution in [2.24, 2.45) is 23.7 Å². The van der Waals surface area contributed by atoms with Crippen LogP contribution in [-0.4, -0.2) is 74.3 Å². The van der Waals surface area contributed by atoms with E-state index >= 15 is 9.59 Å². The summed E-state index contributed by atoms with van der Waals surface area (Å²) in [5.74, 6) is -5.06. The van der Waals surface area contributed by atoms with Crippen LogP contribution in [0.2, 0.25) is 10.0 Å². The number of rotatable bonds is 8. The number of halogens is 2. The Labute approximate surface area is 344 Å². The van der Waals surface area contributed by atoms with E-state index in [0.29, 0.717) is 46.5 Å². The third kappa shape index (κ3) is 5.83. The standard InChI is InChI=1S/C44H40Cl2N4O8/c1-56-29-11-4-25(5-12-29)44-33(41(53)50(43(44)55)47-35-15-6-26(45)22-34(35)46)23-32-30(39(44)24-3-16-37(57-2)36(51)21-24)13-14-31-38(32)42(54)49(40(31)52)28-9-7-27(8-10-28)48-17-19-58-20-18-48/h3-13,15-16,21-22,31-33,38-39,47,51H,14,17-20,23H2,1-2H3/t31-,32+,33-,38-,39-,44+/m0/s1. The van der Waals surface area contributed by atoms with E-state index in [1.54, 1.807) is 73.8 Å². The van der Waals surface area contributed by atoms with Crippen LogP contribution in [0.15, 0.2) is 96.6 Å². The smallest absolute Gasteiger partial charge is 0.260 e. The molecule has 4 aromatic carbocycles. The lowest BCUT2D eigenvalue weighted by atomic mass is 9.49. The first kappa shape index (κ1) is 38.0. The van der Waals surface area contributed by atoms with Gasteiger partial charge in [0, 0.05) is 29.7 Å². The van der Waals surface area contributed by atoms with Gasteiger partial charge in [0.2, 0.25) is 11.8 Å². The molecule has 2 N–H and O–H groups in total. The van der Waals surface area contributed by atoms with Gasteiger partial charge in [0.15, 0.2) is 11.5 Å². The molecular weight excluding hydrogens is 783 g/mol. The normalized spacial score (nSPS) is 26.6. The van der Waals surface area contributed by atoms with Crippen LogP contribution in [0.3, 0.4) is 0 Å². The van der Waals surface area contributed by atoms with Crippen LogP contribution in [0, 0.1) is 23.7 Å². The zero-order valence-corrected chi connectivity index (χ0v) is 33.2. The van der Waals surface area contributed by atoms with Crippen molar-refractivity contribution in [3.63, 3.8) is 0 Å². The Hall–Kier alpha value is -5.56. The Balaban J connectivity index is 1.18. The Kier molecular flexibility index (Phi) is 9.61. The summed E-state index contributed by atoms with van der Waals surface area (Å²) in [4.78, 5) is 63.1. The Morgan fingerprint density at radius 2 is 1.53 bits per heavy atom. The molecule has 58 heavy (non-hydrogen) atoms. The quantitative estimate of drug-likeness (QED) is 0.145. The van der Waals surface area contributed by atoms with Gasteiger partial charge in [-0.05, 0) is 96.6 Å². The number of morpholine rings is 1. The van der Waals surface area contributed by atoms with E-state index in [2.05, 4.69) is 10.3 Å². The van der Waals surface area contributed by atoms with Crippen molar-refractivity contribution < 1.29 is 38.5 Å². The molecule has 0 spiro atoms. The van der Waals surface area contributed by atoms with Crippen LogP contribution in [0.1, 0.15) is 29.9 Å². The van der Waals surface area contributed by atoms with E-state index in [0.717, 1.165) is 29.4 Å². The molecule has 9 rings (SSSR count). The number of phenols is 1. The SMILES string of the molecule is COc1ccc([C@@]23C(=O)N(Nc4ccc(Cl)cc4Cl)C(=O)[C@@H]2C[C@@H]2C(=CC[C@@H]4C(=O)N(c5ccc(N6CCOCC6)cc5)C(=O)[C@@H]42)[C@@H]3c2ccc(OC)c(O)c2)cc1. The Morgan fingerprint density at radius 1 is 0.810 bits per heavy atom. The van der Waals surface area contributed by atoms with Crippen molar-refractivity contribution in [1.29, 1.82) is 0 Å². The molecule has 4 amide bonds. The number of hydrogen-bond donors (Lipinski definition) is 2. The van der Waals surface area contributed by atoms with Crippen LogP contribution in [0.4, 0.5) is 17.1 Å². The number of phenolic OH excluding ortho intramolecular Hbond substituents is 1. The summed E-state index contributed by atoms with van der Waals surface area (Å²) >= 11 is 12.8. The second-order valence-electron chi connectivity index (χ2n) is 15.3. The van der Waals surface area contributed by atoms with Crippen LogP contribution < -0.4 is 24.7 Å². The van der Waals surface area contributed by atoms with Gasteiger partial charge in [-0.25, -0.2) is 0 Å². The molecule has 0 aromatic heterocycles. The highest BCUT2D eigenvalue weighted by Gasteiger charge is 2.70. The fourth-order valence-electron chi connectivity index (χ4n) is 9.99. The van der Waals surface area contributed by atoms with Crippen molar-refractivity contribution in [3.8, 4) is 17.2 Å². The minimum absolute atomic E-state index is 0.0948. The molecule has 0 radical (unpaired) electrons. The van der Waals surface area contributed by atoms with Crippen molar-refractivity contribution in [1.82, 2.24) is 5.01 Å². The summed E-state index contributed by atoms with van der Waals surface area (Å²) in [6.07, 6.45) is 2.31. The van der Waals surface area contributed by atoms with Crippen molar-refractivity contribution in [2.75, 3.05) is 55.7 Å². The van der Waals surface area contributed by atoms with Crippen LogP contribution >= 0.6 is 23.2 Å². The lowest BCUT2D eigenvalue weighted by Crippen LogP contribution is -2.53.